The second kappa shape index (κ2) is 4.70. The van der Waals surface area contributed by atoms with Gasteiger partial charge in [-0.15, -0.1) is 4.99 Å². The van der Waals surface area contributed by atoms with Gasteiger partial charge < -0.3 is 9.64 Å². The molecule has 72 valence electrons. The predicted molar refractivity (Wildman–Crippen MR) is 50.0 cm³/mol. The summed E-state index contributed by atoms with van der Waals surface area (Å²) in [6.07, 6.45) is 4.04. The van der Waals surface area contributed by atoms with Gasteiger partial charge in [-0.3, -0.25) is 0 Å². The Kier molecular flexibility index (Phi) is 3.56. The highest BCUT2D eigenvalue weighted by Crippen LogP contribution is 2.16. The van der Waals surface area contributed by atoms with E-state index in [0.717, 1.165) is 31.8 Å². The van der Waals surface area contributed by atoms with E-state index >= 15 is 0 Å². The van der Waals surface area contributed by atoms with E-state index in [1.807, 2.05) is 4.90 Å². The maximum absolute atomic E-state index is 8.41. The molecule has 4 nitrogen and oxygen atoms in total. The molecule has 0 spiro atoms. The van der Waals surface area contributed by atoms with E-state index in [1.165, 1.54) is 0 Å². The molecular formula is C9H15N3O. The highest BCUT2D eigenvalue weighted by molar-refractivity contribution is 5.74. The van der Waals surface area contributed by atoms with Crippen molar-refractivity contribution >= 4 is 6.02 Å². The third-order valence-corrected chi connectivity index (χ3v) is 2.38. The summed E-state index contributed by atoms with van der Waals surface area (Å²) in [5.41, 5.74) is 0. The minimum Gasteiger partial charge on any atom is -0.468 e. The monoisotopic (exact) mass is 181 g/mol. The Bertz CT molecular complexity index is 224. The molecule has 0 saturated carbocycles. The number of methoxy groups -OCH3 is 1. The number of nitrogens with zero attached hydrogens (tertiary/aromatic N) is 3. The molecule has 0 aromatic heterocycles. The number of aliphatic imine (C=N–C) groups is 1. The van der Waals surface area contributed by atoms with Gasteiger partial charge in [0.15, 0.2) is 0 Å². The van der Waals surface area contributed by atoms with Gasteiger partial charge in [0.1, 0.15) is 0 Å². The number of hydrogen-bond acceptors (Lipinski definition) is 3. The summed E-state index contributed by atoms with van der Waals surface area (Å²) >= 11 is 0. The van der Waals surface area contributed by atoms with Gasteiger partial charge in [-0.25, -0.2) is 0 Å². The van der Waals surface area contributed by atoms with Crippen LogP contribution in [0.2, 0.25) is 0 Å². The molecule has 1 heterocycles. The fraction of sp³-hybridized carbons (Fsp3) is 0.778. The summed E-state index contributed by atoms with van der Waals surface area (Å²) in [6, 6.07) is 0.453. The molecule has 0 bridgehead atoms. The van der Waals surface area contributed by atoms with E-state index in [-0.39, 0.29) is 0 Å². The van der Waals surface area contributed by atoms with Gasteiger partial charge in [0, 0.05) is 13.1 Å². The molecule has 1 rings (SSSR count). The standard InChI is InChI=1S/C9H15N3O/c1-8-3-5-12(6-4-8)9(13-2)11-7-10/h8H,3-6H2,1-2H3/b11-9-. The lowest BCUT2D eigenvalue weighted by atomic mass is 10.00. The van der Waals surface area contributed by atoms with Crippen LogP contribution in [-0.4, -0.2) is 31.1 Å². The van der Waals surface area contributed by atoms with Crippen molar-refractivity contribution < 1.29 is 4.74 Å². The first kappa shape index (κ1) is 9.85. The van der Waals surface area contributed by atoms with Crippen LogP contribution in [0, 0.1) is 17.4 Å². The lowest BCUT2D eigenvalue weighted by Gasteiger charge is -2.30. The average Bonchev–Trinajstić information content (AvgIpc) is 2.16. The minimum absolute atomic E-state index is 0.453. The van der Waals surface area contributed by atoms with Crippen LogP contribution in [-0.2, 0) is 4.74 Å². The lowest BCUT2D eigenvalue weighted by molar-refractivity contribution is 0.222. The van der Waals surface area contributed by atoms with Gasteiger partial charge >= 0.3 is 6.02 Å². The summed E-state index contributed by atoms with van der Waals surface area (Å²) < 4.78 is 5.02. The second-order valence-electron chi connectivity index (χ2n) is 3.37. The Morgan fingerprint density at radius 1 is 1.54 bits per heavy atom. The normalized spacial score (nSPS) is 19.8. The van der Waals surface area contributed by atoms with Crippen LogP contribution in [0.1, 0.15) is 19.8 Å². The highest BCUT2D eigenvalue weighted by Gasteiger charge is 2.19. The summed E-state index contributed by atoms with van der Waals surface area (Å²) in [4.78, 5) is 5.63. The summed E-state index contributed by atoms with van der Waals surface area (Å²) in [5.74, 6) is 0.774. The first-order valence-electron chi connectivity index (χ1n) is 4.53. The maximum atomic E-state index is 8.41. The molecule has 0 unspecified atom stereocenters. The van der Waals surface area contributed by atoms with Crippen LogP contribution in [0.25, 0.3) is 0 Å². The summed E-state index contributed by atoms with van der Waals surface area (Å²) in [7, 11) is 1.55. The smallest absolute Gasteiger partial charge is 0.302 e. The minimum atomic E-state index is 0.453. The Balaban J connectivity index is 2.52. The Morgan fingerprint density at radius 2 is 2.15 bits per heavy atom. The van der Waals surface area contributed by atoms with Gasteiger partial charge in [0.2, 0.25) is 6.19 Å². The average molecular weight is 181 g/mol. The molecule has 0 aromatic rings. The number of piperidine rings is 1. The van der Waals surface area contributed by atoms with Crippen molar-refractivity contribution in [2.45, 2.75) is 19.8 Å². The Hall–Kier alpha value is -1.24. The third-order valence-electron chi connectivity index (χ3n) is 2.38. The molecule has 0 atom stereocenters. The molecule has 1 saturated heterocycles. The predicted octanol–water partition coefficient (Wildman–Crippen LogP) is 1.20. The molecule has 1 fully saturated rings. The quantitative estimate of drug-likeness (QED) is 0.320. The topological polar surface area (TPSA) is 48.6 Å². The van der Waals surface area contributed by atoms with Crippen LogP contribution >= 0.6 is 0 Å². The van der Waals surface area contributed by atoms with Crippen molar-refractivity contribution in [1.82, 2.24) is 4.90 Å². The van der Waals surface area contributed by atoms with Gasteiger partial charge in [0.05, 0.1) is 7.11 Å². The highest BCUT2D eigenvalue weighted by atomic mass is 16.5. The molecule has 0 aromatic carbocycles. The summed E-state index contributed by atoms with van der Waals surface area (Å²) in [5, 5.41) is 8.41. The van der Waals surface area contributed by atoms with Gasteiger partial charge in [-0.1, -0.05) is 6.92 Å². The van der Waals surface area contributed by atoms with Crippen LogP contribution in [0.5, 0.6) is 0 Å². The van der Waals surface area contributed by atoms with Crippen molar-refractivity contribution in [1.29, 1.82) is 5.26 Å². The zero-order valence-corrected chi connectivity index (χ0v) is 8.16. The molecule has 13 heavy (non-hydrogen) atoms. The van der Waals surface area contributed by atoms with Crippen molar-refractivity contribution in [3.05, 3.63) is 0 Å². The first-order chi connectivity index (χ1) is 6.27. The number of nitriles is 1. The lowest BCUT2D eigenvalue weighted by Crippen LogP contribution is -2.38. The molecule has 0 aliphatic carbocycles. The Labute approximate surface area is 78.8 Å². The van der Waals surface area contributed by atoms with E-state index < -0.39 is 0 Å². The fourth-order valence-corrected chi connectivity index (χ4v) is 1.49. The first-order valence-corrected chi connectivity index (χ1v) is 4.53. The van der Waals surface area contributed by atoms with E-state index in [1.54, 1.807) is 13.3 Å². The number of likely N-dealkylation sites (tertiary alicyclic amines) is 1. The molecule has 1 aliphatic heterocycles. The van der Waals surface area contributed by atoms with E-state index in [9.17, 15) is 0 Å². The van der Waals surface area contributed by atoms with Crippen LogP contribution in [0.15, 0.2) is 4.99 Å². The van der Waals surface area contributed by atoms with Crippen LogP contribution in [0.3, 0.4) is 0 Å². The zero-order valence-electron chi connectivity index (χ0n) is 8.16. The van der Waals surface area contributed by atoms with Gasteiger partial charge in [-0.05, 0) is 18.8 Å². The number of amidine groups is 1. The molecule has 0 radical (unpaired) electrons. The second-order valence-corrected chi connectivity index (χ2v) is 3.37. The van der Waals surface area contributed by atoms with Gasteiger partial charge in [0.25, 0.3) is 0 Å². The fourth-order valence-electron chi connectivity index (χ4n) is 1.49. The number of hydrogen-bond donors (Lipinski definition) is 0. The number of ether oxygens (including phenoxy) is 1. The molecule has 1 aliphatic rings. The zero-order chi connectivity index (χ0) is 9.68. The molecule has 4 heteroatoms. The third kappa shape index (κ3) is 2.62. The van der Waals surface area contributed by atoms with Crippen LogP contribution < -0.4 is 0 Å². The van der Waals surface area contributed by atoms with E-state index in [4.69, 9.17) is 10.00 Å². The SMILES string of the molecule is CO/C(=N\C#N)N1CCC(C)CC1. The van der Waals surface area contributed by atoms with E-state index in [0.29, 0.717) is 6.02 Å². The van der Waals surface area contributed by atoms with Crippen molar-refractivity contribution in [2.75, 3.05) is 20.2 Å². The van der Waals surface area contributed by atoms with Crippen molar-refractivity contribution in [3.63, 3.8) is 0 Å². The largest absolute Gasteiger partial charge is 0.468 e. The van der Waals surface area contributed by atoms with E-state index in [2.05, 4.69) is 11.9 Å². The summed E-state index contributed by atoms with van der Waals surface area (Å²) in [6.45, 7) is 4.12. The molecular weight excluding hydrogens is 166 g/mol. The Morgan fingerprint density at radius 3 is 2.62 bits per heavy atom. The van der Waals surface area contributed by atoms with Crippen molar-refractivity contribution in [2.24, 2.45) is 10.9 Å². The van der Waals surface area contributed by atoms with Crippen LogP contribution in [0.4, 0.5) is 0 Å². The van der Waals surface area contributed by atoms with Crippen molar-refractivity contribution in [3.8, 4) is 6.19 Å². The molecule has 0 N–H and O–H groups in total. The number of rotatable bonds is 0. The maximum Gasteiger partial charge on any atom is 0.302 e. The van der Waals surface area contributed by atoms with Gasteiger partial charge in [-0.2, -0.15) is 5.26 Å². The molecule has 0 amide bonds.